The van der Waals surface area contributed by atoms with E-state index in [1.54, 1.807) is 12.1 Å². The van der Waals surface area contributed by atoms with Crippen LogP contribution in [-0.4, -0.2) is 10.3 Å². The second-order valence-electron chi connectivity index (χ2n) is 2.53. The monoisotopic (exact) mass is 159 g/mol. The second kappa shape index (κ2) is 2.31. The highest BCUT2D eigenvalue weighted by molar-refractivity contribution is 5.76. The molecule has 0 spiro atoms. The molecule has 1 aromatic heterocycles. The van der Waals surface area contributed by atoms with Gasteiger partial charge in [-0.3, -0.25) is 0 Å². The minimum Gasteiger partial charge on any atom is -0.243 e. The van der Waals surface area contributed by atoms with Crippen LogP contribution in [0.5, 0.6) is 0 Å². The van der Waals surface area contributed by atoms with Gasteiger partial charge in [-0.05, 0) is 34.9 Å². The zero-order valence-corrected chi connectivity index (χ0v) is 6.40. The van der Waals surface area contributed by atoms with Crippen molar-refractivity contribution in [1.82, 2.24) is 10.3 Å². The smallest absolute Gasteiger partial charge is 0.136 e. The standard InChI is InChI=1S/C8H5N3O/c1-5-2-7-8(11-12-10-7)3-6(5)4-9/h2-3H,1H3. The molecule has 4 heteroatoms. The van der Waals surface area contributed by atoms with E-state index in [-0.39, 0.29) is 0 Å². The summed E-state index contributed by atoms with van der Waals surface area (Å²) in [7, 11) is 0. The summed E-state index contributed by atoms with van der Waals surface area (Å²) in [5, 5.41) is 16.0. The Labute approximate surface area is 68.4 Å². The molecule has 0 atom stereocenters. The number of aryl methyl sites for hydroxylation is 1. The van der Waals surface area contributed by atoms with Crippen LogP contribution in [0.1, 0.15) is 11.1 Å². The van der Waals surface area contributed by atoms with Gasteiger partial charge < -0.3 is 0 Å². The van der Waals surface area contributed by atoms with Crippen LogP contribution in [0.15, 0.2) is 16.8 Å². The van der Waals surface area contributed by atoms with Crippen molar-refractivity contribution in [2.75, 3.05) is 0 Å². The van der Waals surface area contributed by atoms with Gasteiger partial charge >= 0.3 is 0 Å². The molecule has 0 N–H and O–H groups in total. The molecular formula is C8H5N3O. The Kier molecular flexibility index (Phi) is 1.31. The summed E-state index contributed by atoms with van der Waals surface area (Å²) in [5.74, 6) is 0. The molecule has 0 amide bonds. The molecule has 0 aliphatic carbocycles. The van der Waals surface area contributed by atoms with Gasteiger partial charge in [-0.1, -0.05) is 0 Å². The maximum Gasteiger partial charge on any atom is 0.136 e. The van der Waals surface area contributed by atoms with Crippen molar-refractivity contribution in [2.24, 2.45) is 0 Å². The molecule has 0 aliphatic rings. The van der Waals surface area contributed by atoms with Crippen molar-refractivity contribution >= 4 is 11.0 Å². The highest BCUT2D eigenvalue weighted by atomic mass is 16.6. The van der Waals surface area contributed by atoms with E-state index in [0.717, 1.165) is 5.56 Å². The van der Waals surface area contributed by atoms with E-state index in [1.807, 2.05) is 6.92 Å². The van der Waals surface area contributed by atoms with E-state index < -0.39 is 0 Å². The quantitative estimate of drug-likeness (QED) is 0.582. The van der Waals surface area contributed by atoms with Crippen molar-refractivity contribution in [3.8, 4) is 6.07 Å². The zero-order chi connectivity index (χ0) is 8.55. The molecule has 1 aromatic carbocycles. The van der Waals surface area contributed by atoms with Crippen LogP contribution in [0.3, 0.4) is 0 Å². The molecule has 2 aromatic rings. The molecule has 0 radical (unpaired) electrons. The van der Waals surface area contributed by atoms with Gasteiger partial charge in [0, 0.05) is 0 Å². The fourth-order valence-corrected chi connectivity index (χ4v) is 1.06. The molecule has 0 fully saturated rings. The van der Waals surface area contributed by atoms with Crippen molar-refractivity contribution in [3.05, 3.63) is 23.3 Å². The van der Waals surface area contributed by atoms with Crippen LogP contribution < -0.4 is 0 Å². The van der Waals surface area contributed by atoms with E-state index in [1.165, 1.54) is 0 Å². The predicted molar refractivity (Wildman–Crippen MR) is 41.3 cm³/mol. The Hall–Kier alpha value is -1.89. The minimum atomic E-state index is 0.609. The average Bonchev–Trinajstić information content (AvgIpc) is 2.49. The Morgan fingerprint density at radius 1 is 1.33 bits per heavy atom. The van der Waals surface area contributed by atoms with Crippen LogP contribution in [0, 0.1) is 18.3 Å². The van der Waals surface area contributed by atoms with Crippen molar-refractivity contribution in [1.29, 1.82) is 5.26 Å². The first-order chi connectivity index (χ1) is 5.81. The van der Waals surface area contributed by atoms with Crippen LogP contribution in [0.4, 0.5) is 0 Å². The third kappa shape index (κ3) is 0.839. The molecule has 0 saturated carbocycles. The lowest BCUT2D eigenvalue weighted by Gasteiger charge is -1.92. The van der Waals surface area contributed by atoms with Gasteiger partial charge in [0.1, 0.15) is 11.0 Å². The summed E-state index contributed by atoms with van der Waals surface area (Å²) in [6.07, 6.45) is 0. The number of hydrogen-bond donors (Lipinski definition) is 0. The molecule has 2 rings (SSSR count). The van der Waals surface area contributed by atoms with Gasteiger partial charge in [0.05, 0.1) is 11.6 Å². The third-order valence-corrected chi connectivity index (χ3v) is 1.72. The summed E-state index contributed by atoms with van der Waals surface area (Å²) in [4.78, 5) is 0. The number of nitrogens with zero attached hydrogens (tertiary/aromatic N) is 3. The van der Waals surface area contributed by atoms with E-state index >= 15 is 0 Å². The molecule has 1 heterocycles. The first-order valence-corrected chi connectivity index (χ1v) is 3.44. The molecule has 0 bridgehead atoms. The molecule has 58 valence electrons. The SMILES string of the molecule is Cc1cc2nonc2cc1C#N. The summed E-state index contributed by atoms with van der Waals surface area (Å²) >= 11 is 0. The lowest BCUT2D eigenvalue weighted by molar-refractivity contribution is 0.315. The van der Waals surface area contributed by atoms with Gasteiger partial charge in [0.2, 0.25) is 0 Å². The summed E-state index contributed by atoms with van der Waals surface area (Å²) < 4.78 is 4.51. The van der Waals surface area contributed by atoms with Crippen molar-refractivity contribution in [3.63, 3.8) is 0 Å². The zero-order valence-electron chi connectivity index (χ0n) is 6.40. The molecule has 0 unspecified atom stereocenters. The summed E-state index contributed by atoms with van der Waals surface area (Å²) in [6, 6.07) is 5.52. The lowest BCUT2D eigenvalue weighted by Crippen LogP contribution is -1.81. The van der Waals surface area contributed by atoms with E-state index in [9.17, 15) is 0 Å². The topological polar surface area (TPSA) is 62.7 Å². The van der Waals surface area contributed by atoms with Gasteiger partial charge in [-0.25, -0.2) is 4.63 Å². The maximum absolute atomic E-state index is 8.69. The maximum atomic E-state index is 8.69. The summed E-state index contributed by atoms with van der Waals surface area (Å²) in [6.45, 7) is 1.85. The number of fused-ring (bicyclic) bond motifs is 1. The van der Waals surface area contributed by atoms with E-state index in [2.05, 4.69) is 21.0 Å². The van der Waals surface area contributed by atoms with Crippen LogP contribution in [-0.2, 0) is 0 Å². The fraction of sp³-hybridized carbons (Fsp3) is 0.125. The van der Waals surface area contributed by atoms with Crippen molar-refractivity contribution < 1.29 is 4.63 Å². The van der Waals surface area contributed by atoms with Gasteiger partial charge in [0.25, 0.3) is 0 Å². The predicted octanol–water partition coefficient (Wildman–Crippen LogP) is 1.40. The molecule has 12 heavy (non-hydrogen) atoms. The Bertz CT molecular complexity index is 467. The number of nitriles is 1. The normalized spacial score (nSPS) is 10.0. The number of aromatic nitrogens is 2. The molecule has 4 nitrogen and oxygen atoms in total. The van der Waals surface area contributed by atoms with Crippen molar-refractivity contribution in [2.45, 2.75) is 6.92 Å². The van der Waals surface area contributed by atoms with E-state index in [0.29, 0.717) is 16.6 Å². The van der Waals surface area contributed by atoms with Crippen LogP contribution in [0.2, 0.25) is 0 Å². The van der Waals surface area contributed by atoms with Gasteiger partial charge in [-0.2, -0.15) is 5.26 Å². The Morgan fingerprint density at radius 3 is 2.67 bits per heavy atom. The lowest BCUT2D eigenvalue weighted by atomic mass is 10.1. The highest BCUT2D eigenvalue weighted by Gasteiger charge is 2.04. The van der Waals surface area contributed by atoms with Crippen LogP contribution in [0.25, 0.3) is 11.0 Å². The minimum absolute atomic E-state index is 0.609. The molecule has 0 aliphatic heterocycles. The Balaban J connectivity index is 2.84. The van der Waals surface area contributed by atoms with Gasteiger partial charge in [0.15, 0.2) is 0 Å². The first kappa shape index (κ1) is 6.80. The number of benzene rings is 1. The second-order valence-corrected chi connectivity index (χ2v) is 2.53. The average molecular weight is 159 g/mol. The largest absolute Gasteiger partial charge is 0.243 e. The fourth-order valence-electron chi connectivity index (χ4n) is 1.06. The molecular weight excluding hydrogens is 154 g/mol. The first-order valence-electron chi connectivity index (χ1n) is 3.44. The summed E-state index contributed by atoms with van der Waals surface area (Å²) in [5.41, 5.74) is 2.81. The Morgan fingerprint density at radius 2 is 2.00 bits per heavy atom. The highest BCUT2D eigenvalue weighted by Crippen LogP contribution is 2.15. The van der Waals surface area contributed by atoms with E-state index in [4.69, 9.17) is 5.26 Å². The molecule has 0 saturated heterocycles. The third-order valence-electron chi connectivity index (χ3n) is 1.72. The number of rotatable bonds is 0. The van der Waals surface area contributed by atoms with Gasteiger partial charge in [-0.15, -0.1) is 0 Å². The van der Waals surface area contributed by atoms with Crippen LogP contribution >= 0.6 is 0 Å². The number of hydrogen-bond acceptors (Lipinski definition) is 4.